The minimum atomic E-state index is 0.382. The molecule has 2 nitrogen and oxygen atoms in total. The molecule has 0 aliphatic heterocycles. The zero-order valence-electron chi connectivity index (χ0n) is 11.6. The molecule has 0 amide bonds. The van der Waals surface area contributed by atoms with Crippen LogP contribution in [0.4, 0.5) is 0 Å². The van der Waals surface area contributed by atoms with Gasteiger partial charge in [-0.2, -0.15) is 0 Å². The summed E-state index contributed by atoms with van der Waals surface area (Å²) in [6, 6.07) is 10.7. The lowest BCUT2D eigenvalue weighted by atomic mass is 9.93. The van der Waals surface area contributed by atoms with Gasteiger partial charge in [-0.1, -0.05) is 18.2 Å². The van der Waals surface area contributed by atoms with E-state index in [-0.39, 0.29) is 0 Å². The van der Waals surface area contributed by atoms with Crippen molar-refractivity contribution in [3.63, 3.8) is 0 Å². The molecule has 2 aromatic rings. The monoisotopic (exact) mass is 275 g/mol. The Bertz CT molecular complexity index is 507. The van der Waals surface area contributed by atoms with Gasteiger partial charge in [0, 0.05) is 10.8 Å². The second-order valence-corrected chi connectivity index (χ2v) is 5.71. The summed E-state index contributed by atoms with van der Waals surface area (Å²) in [5.74, 6) is 1.35. The summed E-state index contributed by atoms with van der Waals surface area (Å²) in [6.07, 6.45) is 1.02. The quantitative estimate of drug-likeness (QED) is 0.871. The van der Waals surface area contributed by atoms with Crippen LogP contribution in [0.3, 0.4) is 0 Å². The SMILES string of the molecule is CCOc1ccc(C(CN)Cc2cccs2)cc1C. The van der Waals surface area contributed by atoms with E-state index < -0.39 is 0 Å². The molecule has 0 aliphatic rings. The van der Waals surface area contributed by atoms with Crippen LogP contribution >= 0.6 is 11.3 Å². The van der Waals surface area contributed by atoms with Gasteiger partial charge in [-0.3, -0.25) is 0 Å². The van der Waals surface area contributed by atoms with Crippen molar-refractivity contribution in [3.05, 3.63) is 51.7 Å². The van der Waals surface area contributed by atoms with Crippen molar-refractivity contribution in [2.75, 3.05) is 13.2 Å². The molecular weight excluding hydrogens is 254 g/mol. The lowest BCUT2D eigenvalue weighted by molar-refractivity contribution is 0.337. The number of ether oxygens (including phenoxy) is 1. The number of hydrogen-bond donors (Lipinski definition) is 1. The largest absolute Gasteiger partial charge is 0.494 e. The van der Waals surface area contributed by atoms with Crippen LogP contribution in [0, 0.1) is 6.92 Å². The van der Waals surface area contributed by atoms with E-state index in [9.17, 15) is 0 Å². The molecule has 0 saturated carbocycles. The average Bonchev–Trinajstić information content (AvgIpc) is 2.91. The number of rotatable bonds is 6. The molecule has 1 heterocycles. The van der Waals surface area contributed by atoms with E-state index in [4.69, 9.17) is 10.5 Å². The van der Waals surface area contributed by atoms with Crippen LogP contribution in [-0.2, 0) is 6.42 Å². The molecule has 3 heteroatoms. The van der Waals surface area contributed by atoms with Crippen molar-refractivity contribution in [2.24, 2.45) is 5.73 Å². The fraction of sp³-hybridized carbons (Fsp3) is 0.375. The smallest absolute Gasteiger partial charge is 0.122 e. The topological polar surface area (TPSA) is 35.2 Å². The first-order valence-corrected chi connectivity index (χ1v) is 7.58. The average molecular weight is 275 g/mol. The highest BCUT2D eigenvalue weighted by Crippen LogP contribution is 2.27. The number of thiophene rings is 1. The zero-order valence-corrected chi connectivity index (χ0v) is 12.4. The molecule has 1 aromatic heterocycles. The zero-order chi connectivity index (χ0) is 13.7. The first-order valence-electron chi connectivity index (χ1n) is 6.70. The van der Waals surface area contributed by atoms with Gasteiger partial charge < -0.3 is 10.5 Å². The van der Waals surface area contributed by atoms with E-state index in [1.54, 1.807) is 11.3 Å². The number of hydrogen-bond acceptors (Lipinski definition) is 3. The molecule has 0 fully saturated rings. The third kappa shape index (κ3) is 3.58. The van der Waals surface area contributed by atoms with E-state index >= 15 is 0 Å². The Labute approximate surface area is 119 Å². The van der Waals surface area contributed by atoms with Gasteiger partial charge >= 0.3 is 0 Å². The van der Waals surface area contributed by atoms with E-state index in [1.807, 2.05) is 6.92 Å². The normalized spacial score (nSPS) is 12.4. The van der Waals surface area contributed by atoms with Gasteiger partial charge in [-0.25, -0.2) is 0 Å². The van der Waals surface area contributed by atoms with Crippen molar-refractivity contribution in [1.82, 2.24) is 0 Å². The maximum atomic E-state index is 5.94. The lowest BCUT2D eigenvalue weighted by Crippen LogP contribution is -2.14. The summed E-state index contributed by atoms with van der Waals surface area (Å²) in [5.41, 5.74) is 8.43. The predicted molar refractivity (Wildman–Crippen MR) is 82.2 cm³/mol. The van der Waals surface area contributed by atoms with Crippen LogP contribution in [-0.4, -0.2) is 13.2 Å². The summed E-state index contributed by atoms with van der Waals surface area (Å²) in [4.78, 5) is 1.39. The Morgan fingerprint density at radius 1 is 1.32 bits per heavy atom. The molecule has 102 valence electrons. The van der Waals surface area contributed by atoms with Gasteiger partial charge in [0.15, 0.2) is 0 Å². The highest BCUT2D eigenvalue weighted by molar-refractivity contribution is 7.09. The molecule has 0 bridgehead atoms. The van der Waals surface area contributed by atoms with Gasteiger partial charge in [0.25, 0.3) is 0 Å². The van der Waals surface area contributed by atoms with Gasteiger partial charge in [-0.05, 0) is 55.5 Å². The maximum absolute atomic E-state index is 5.94. The predicted octanol–water partition coefficient (Wildman–Crippen LogP) is 3.74. The second-order valence-electron chi connectivity index (χ2n) is 4.67. The van der Waals surface area contributed by atoms with Crippen molar-refractivity contribution in [3.8, 4) is 5.75 Å². The van der Waals surface area contributed by atoms with Crippen molar-refractivity contribution in [1.29, 1.82) is 0 Å². The molecule has 2 N–H and O–H groups in total. The number of benzene rings is 1. The van der Waals surface area contributed by atoms with Gasteiger partial charge in [-0.15, -0.1) is 11.3 Å². The van der Waals surface area contributed by atoms with E-state index in [0.717, 1.165) is 12.2 Å². The van der Waals surface area contributed by atoms with Crippen LogP contribution in [0.1, 0.15) is 28.8 Å². The molecule has 2 rings (SSSR count). The summed E-state index contributed by atoms with van der Waals surface area (Å²) in [5, 5.41) is 2.12. The Balaban J connectivity index is 2.16. The summed E-state index contributed by atoms with van der Waals surface area (Å²) in [6.45, 7) is 5.47. The highest BCUT2D eigenvalue weighted by Gasteiger charge is 2.12. The maximum Gasteiger partial charge on any atom is 0.122 e. The molecule has 1 aromatic carbocycles. The molecule has 0 radical (unpaired) electrons. The van der Waals surface area contributed by atoms with E-state index in [0.29, 0.717) is 19.1 Å². The summed E-state index contributed by atoms with van der Waals surface area (Å²) in [7, 11) is 0. The Hall–Kier alpha value is -1.32. The molecule has 1 unspecified atom stereocenters. The Morgan fingerprint density at radius 2 is 2.16 bits per heavy atom. The molecule has 0 spiro atoms. The van der Waals surface area contributed by atoms with E-state index in [1.165, 1.54) is 16.0 Å². The van der Waals surface area contributed by atoms with Crippen LogP contribution in [0.15, 0.2) is 35.7 Å². The van der Waals surface area contributed by atoms with Gasteiger partial charge in [0.2, 0.25) is 0 Å². The van der Waals surface area contributed by atoms with Crippen LogP contribution < -0.4 is 10.5 Å². The number of aryl methyl sites for hydroxylation is 1. The highest BCUT2D eigenvalue weighted by atomic mass is 32.1. The summed E-state index contributed by atoms with van der Waals surface area (Å²) >= 11 is 1.80. The minimum Gasteiger partial charge on any atom is -0.494 e. The van der Waals surface area contributed by atoms with Crippen molar-refractivity contribution in [2.45, 2.75) is 26.2 Å². The van der Waals surface area contributed by atoms with Crippen LogP contribution in [0.2, 0.25) is 0 Å². The first-order chi connectivity index (χ1) is 9.24. The third-order valence-corrected chi connectivity index (χ3v) is 4.18. The van der Waals surface area contributed by atoms with Crippen molar-refractivity contribution < 1.29 is 4.74 Å². The van der Waals surface area contributed by atoms with Crippen molar-refractivity contribution >= 4 is 11.3 Å². The Kier molecular flexibility index (Phi) is 5.00. The van der Waals surface area contributed by atoms with E-state index in [2.05, 4.69) is 42.6 Å². The van der Waals surface area contributed by atoms with Crippen LogP contribution in [0.5, 0.6) is 5.75 Å². The summed E-state index contributed by atoms with van der Waals surface area (Å²) < 4.78 is 5.58. The molecule has 0 aliphatic carbocycles. The molecular formula is C16H21NOS. The minimum absolute atomic E-state index is 0.382. The van der Waals surface area contributed by atoms with Gasteiger partial charge in [0.05, 0.1) is 6.61 Å². The van der Waals surface area contributed by atoms with Gasteiger partial charge in [0.1, 0.15) is 5.75 Å². The van der Waals surface area contributed by atoms with Crippen LogP contribution in [0.25, 0.3) is 0 Å². The molecule has 19 heavy (non-hydrogen) atoms. The fourth-order valence-electron chi connectivity index (χ4n) is 2.25. The fourth-order valence-corrected chi connectivity index (χ4v) is 3.04. The Morgan fingerprint density at radius 3 is 2.74 bits per heavy atom. The number of nitrogens with two attached hydrogens (primary N) is 1. The lowest BCUT2D eigenvalue weighted by Gasteiger charge is -2.16. The molecule has 1 atom stereocenters. The standard InChI is InChI=1S/C16H21NOS/c1-3-18-16-7-6-13(9-12(16)2)14(11-17)10-15-5-4-8-19-15/h4-9,14H,3,10-11,17H2,1-2H3. The third-order valence-electron chi connectivity index (χ3n) is 3.28. The second kappa shape index (κ2) is 6.73. The molecule has 0 saturated heterocycles. The first kappa shape index (κ1) is 14.1.